The Morgan fingerprint density at radius 1 is 1.12 bits per heavy atom. The highest BCUT2D eigenvalue weighted by Gasteiger charge is 2.39. The lowest BCUT2D eigenvalue weighted by molar-refractivity contribution is -0.274. The fraction of sp³-hybridized carbons (Fsp3) is 0.429. The maximum Gasteiger partial charge on any atom is 0.573 e. The van der Waals surface area contributed by atoms with Gasteiger partial charge in [0.1, 0.15) is 18.1 Å². The van der Waals surface area contributed by atoms with Crippen molar-refractivity contribution in [2.24, 2.45) is 5.92 Å². The molecule has 0 saturated carbocycles. The molecule has 1 N–H and O–H groups in total. The first-order valence-electron chi connectivity index (χ1n) is 10.7. The van der Waals surface area contributed by atoms with Gasteiger partial charge in [-0.1, -0.05) is 17.3 Å². The maximum atomic E-state index is 12.9. The average Bonchev–Trinajstić information content (AvgIpc) is 3.51. The Hall–Kier alpha value is -3.77. The zero-order valence-corrected chi connectivity index (χ0v) is 17.9. The summed E-state index contributed by atoms with van der Waals surface area (Å²) in [5, 5.41) is 10.6. The summed E-state index contributed by atoms with van der Waals surface area (Å²) >= 11 is 0. The topological polar surface area (TPSA) is 104 Å². The molecule has 1 aromatic heterocycles. The molecule has 1 aromatic carbocycles. The summed E-state index contributed by atoms with van der Waals surface area (Å²) in [6.07, 6.45) is -2.79. The molecule has 4 heterocycles. The number of aromatic nitrogens is 3. The van der Waals surface area contributed by atoms with Gasteiger partial charge in [-0.3, -0.25) is 5.10 Å². The number of aromatic amines is 1. The van der Waals surface area contributed by atoms with Gasteiger partial charge in [-0.25, -0.2) is 9.59 Å². The molecular weight excluding hydrogens is 457 g/mol. The second kappa shape index (κ2) is 8.54. The van der Waals surface area contributed by atoms with Crippen molar-refractivity contribution in [3.63, 3.8) is 0 Å². The summed E-state index contributed by atoms with van der Waals surface area (Å²) in [5.74, 6) is -0.297. The number of fused-ring (bicyclic) bond motifs is 2. The highest BCUT2D eigenvalue weighted by molar-refractivity contribution is 5.77. The molecule has 0 spiro atoms. The van der Waals surface area contributed by atoms with Crippen molar-refractivity contribution in [2.45, 2.75) is 25.9 Å². The van der Waals surface area contributed by atoms with Crippen molar-refractivity contribution in [2.75, 3.05) is 26.2 Å². The van der Waals surface area contributed by atoms with E-state index in [9.17, 15) is 22.8 Å². The third-order valence-corrected chi connectivity index (χ3v) is 6.05. The highest BCUT2D eigenvalue weighted by Crippen LogP contribution is 2.31. The van der Waals surface area contributed by atoms with Crippen LogP contribution >= 0.6 is 0 Å². The van der Waals surface area contributed by atoms with Crippen LogP contribution in [0.3, 0.4) is 0 Å². The molecule has 10 nitrogen and oxygen atoms in total. The minimum Gasteiger partial charge on any atom is -0.445 e. The molecule has 13 heteroatoms. The molecule has 3 aliphatic heterocycles. The van der Waals surface area contributed by atoms with Crippen molar-refractivity contribution >= 4 is 12.1 Å². The first-order valence-corrected chi connectivity index (χ1v) is 10.7. The van der Waals surface area contributed by atoms with Crippen LogP contribution in [-0.4, -0.2) is 74.8 Å². The van der Waals surface area contributed by atoms with E-state index >= 15 is 0 Å². The molecule has 180 valence electrons. The van der Waals surface area contributed by atoms with E-state index in [-0.39, 0.29) is 24.3 Å². The van der Waals surface area contributed by atoms with Gasteiger partial charge in [0, 0.05) is 44.7 Å². The van der Waals surface area contributed by atoms with Gasteiger partial charge in [0.05, 0.1) is 12.2 Å². The second-order valence-corrected chi connectivity index (χ2v) is 8.37. The van der Waals surface area contributed by atoms with E-state index in [2.05, 4.69) is 20.1 Å². The number of hydrogen-bond donors (Lipinski definition) is 1. The number of alkyl halides is 3. The molecule has 3 aliphatic rings. The van der Waals surface area contributed by atoms with Gasteiger partial charge in [-0.05, 0) is 23.3 Å². The van der Waals surface area contributed by atoms with Crippen LogP contribution in [0, 0.1) is 5.92 Å². The van der Waals surface area contributed by atoms with Gasteiger partial charge in [0.2, 0.25) is 0 Å². The van der Waals surface area contributed by atoms with E-state index in [0.29, 0.717) is 44.7 Å². The number of hydrogen-bond acceptors (Lipinski definition) is 6. The number of H-pyrrole nitrogens is 1. The van der Waals surface area contributed by atoms with Gasteiger partial charge < -0.3 is 24.2 Å². The van der Waals surface area contributed by atoms with Crippen LogP contribution in [0.1, 0.15) is 17.0 Å². The fourth-order valence-electron chi connectivity index (χ4n) is 4.35. The standard InChI is InChI=1S/C21H21F3N6O4/c22-21(23,24)34-16-3-1-13(2-4-16)12-33-20(32)30-9-14-7-29(8-15(14)10-30)19(31)28-6-5-17-18(11-28)26-27-25-17/h1-4,7,15H,5-6,8-12H2,(H,25,26,27)/t15-/m0/s1. The van der Waals surface area contributed by atoms with Gasteiger partial charge in [-0.2, -0.15) is 0 Å². The van der Waals surface area contributed by atoms with Crippen molar-refractivity contribution in [1.82, 2.24) is 30.1 Å². The van der Waals surface area contributed by atoms with Gasteiger partial charge in [0.25, 0.3) is 0 Å². The second-order valence-electron chi connectivity index (χ2n) is 8.37. The molecular formula is C21H21F3N6O4. The number of ether oxygens (including phenoxy) is 2. The van der Waals surface area contributed by atoms with Crippen molar-refractivity contribution in [1.29, 1.82) is 0 Å². The third-order valence-electron chi connectivity index (χ3n) is 6.05. The van der Waals surface area contributed by atoms with Gasteiger partial charge in [-0.15, -0.1) is 18.3 Å². The van der Waals surface area contributed by atoms with E-state index in [1.807, 2.05) is 0 Å². The molecule has 0 bridgehead atoms. The van der Waals surface area contributed by atoms with Crippen LogP contribution in [0.15, 0.2) is 36.0 Å². The first-order chi connectivity index (χ1) is 16.2. The lowest BCUT2D eigenvalue weighted by Crippen LogP contribution is -2.43. The number of carbonyl (C=O) groups excluding carboxylic acids is 2. The van der Waals surface area contributed by atoms with E-state index in [0.717, 1.165) is 17.0 Å². The maximum absolute atomic E-state index is 12.9. The molecule has 0 aliphatic carbocycles. The Morgan fingerprint density at radius 2 is 1.91 bits per heavy atom. The monoisotopic (exact) mass is 478 g/mol. The number of likely N-dealkylation sites (tertiary alicyclic amines) is 1. The van der Waals surface area contributed by atoms with E-state index < -0.39 is 12.5 Å². The summed E-state index contributed by atoms with van der Waals surface area (Å²) in [4.78, 5) is 30.3. The quantitative estimate of drug-likeness (QED) is 0.728. The van der Waals surface area contributed by atoms with Gasteiger partial charge >= 0.3 is 18.5 Å². The Morgan fingerprint density at radius 3 is 2.65 bits per heavy atom. The zero-order valence-electron chi connectivity index (χ0n) is 17.9. The summed E-state index contributed by atoms with van der Waals surface area (Å²) in [5.41, 5.74) is 3.26. The smallest absolute Gasteiger partial charge is 0.445 e. The average molecular weight is 478 g/mol. The van der Waals surface area contributed by atoms with Crippen LogP contribution in [-0.2, 0) is 24.3 Å². The SMILES string of the molecule is O=C(OCc1ccc(OC(F)(F)F)cc1)N1CC2=CN(C(=O)N3CCc4[nH]nnc4C3)C[C@H]2C1. The molecule has 0 unspecified atom stereocenters. The highest BCUT2D eigenvalue weighted by atomic mass is 19.4. The van der Waals surface area contributed by atoms with Crippen molar-refractivity contribution in [3.05, 3.63) is 53.0 Å². The Labute approximate surface area is 191 Å². The van der Waals surface area contributed by atoms with E-state index in [4.69, 9.17) is 4.74 Å². The number of urea groups is 1. The molecule has 3 amide bonds. The van der Waals surface area contributed by atoms with Gasteiger partial charge in [0.15, 0.2) is 0 Å². The predicted molar refractivity (Wildman–Crippen MR) is 109 cm³/mol. The minimum absolute atomic E-state index is 0.0442. The van der Waals surface area contributed by atoms with Crippen LogP contribution in [0.25, 0.3) is 0 Å². The molecule has 5 rings (SSSR count). The lowest BCUT2D eigenvalue weighted by atomic mass is 10.1. The third kappa shape index (κ3) is 4.63. The van der Waals surface area contributed by atoms with Crippen LogP contribution in [0.4, 0.5) is 22.8 Å². The summed E-state index contributed by atoms with van der Waals surface area (Å²) in [6, 6.07) is 5.05. The number of nitrogens with one attached hydrogen (secondary N) is 1. The molecule has 34 heavy (non-hydrogen) atoms. The number of halogens is 3. The molecule has 0 radical (unpaired) electrons. The largest absolute Gasteiger partial charge is 0.573 e. The molecule has 1 atom stereocenters. The minimum atomic E-state index is -4.76. The van der Waals surface area contributed by atoms with Crippen molar-refractivity contribution in [3.8, 4) is 5.75 Å². The zero-order chi connectivity index (χ0) is 23.9. The van der Waals surface area contributed by atoms with E-state index in [1.54, 1.807) is 20.9 Å². The van der Waals surface area contributed by atoms with Crippen LogP contribution in [0.2, 0.25) is 0 Å². The Bertz CT molecular complexity index is 1120. The van der Waals surface area contributed by atoms with Crippen LogP contribution < -0.4 is 4.74 Å². The summed E-state index contributed by atoms with van der Waals surface area (Å²) in [7, 11) is 0. The first kappa shape index (κ1) is 22.0. The molecule has 1 saturated heterocycles. The number of amides is 3. The number of nitrogens with zero attached hydrogens (tertiary/aromatic N) is 5. The fourth-order valence-corrected chi connectivity index (χ4v) is 4.35. The summed E-state index contributed by atoms with van der Waals surface area (Å²) in [6.45, 7) is 2.20. The van der Waals surface area contributed by atoms with Crippen molar-refractivity contribution < 1.29 is 32.2 Å². The summed E-state index contributed by atoms with van der Waals surface area (Å²) < 4.78 is 45.8. The predicted octanol–water partition coefficient (Wildman–Crippen LogP) is 2.65. The number of rotatable bonds is 3. The molecule has 2 aromatic rings. The lowest BCUT2D eigenvalue weighted by Gasteiger charge is -2.29. The van der Waals surface area contributed by atoms with E-state index in [1.165, 1.54) is 24.3 Å². The molecule has 1 fully saturated rings. The van der Waals surface area contributed by atoms with Crippen LogP contribution in [0.5, 0.6) is 5.75 Å². The Kier molecular flexibility index (Phi) is 5.54. The number of carbonyl (C=O) groups is 2. The Balaban J connectivity index is 1.11. The number of benzene rings is 1. The normalized spacial score (nSPS) is 19.6.